The van der Waals surface area contributed by atoms with E-state index in [0.29, 0.717) is 11.7 Å². The molecule has 1 N–H and O–H groups in total. The molecule has 0 bridgehead atoms. The number of Topliss-reactive ketones (excluding diaryl/α,β-unsaturated/α-hetero) is 1. The highest BCUT2D eigenvalue weighted by Crippen LogP contribution is 2.29. The number of rotatable bonds is 3. The minimum atomic E-state index is 0.339. The molecule has 0 saturated heterocycles. The lowest BCUT2D eigenvalue weighted by Crippen LogP contribution is -2.06. The first-order valence-corrected chi connectivity index (χ1v) is 6.68. The van der Waals surface area contributed by atoms with Crippen molar-refractivity contribution >= 4 is 5.78 Å². The van der Waals surface area contributed by atoms with Gasteiger partial charge in [0, 0.05) is 25.1 Å². The van der Waals surface area contributed by atoms with Gasteiger partial charge in [0.1, 0.15) is 0 Å². The molecule has 0 spiro atoms. The molecule has 0 unspecified atom stereocenters. The van der Waals surface area contributed by atoms with E-state index >= 15 is 0 Å². The van der Waals surface area contributed by atoms with E-state index in [4.69, 9.17) is 0 Å². The minimum absolute atomic E-state index is 0.339. The van der Waals surface area contributed by atoms with Crippen molar-refractivity contribution in [3.05, 3.63) is 34.9 Å². The highest BCUT2D eigenvalue weighted by atomic mass is 16.1. The molecule has 2 nitrogen and oxygen atoms in total. The molecule has 1 aliphatic carbocycles. The molecule has 3 rings (SSSR count). The van der Waals surface area contributed by atoms with Crippen LogP contribution in [0.15, 0.2) is 18.2 Å². The normalized spacial score (nSPS) is 19.5. The lowest BCUT2D eigenvalue weighted by molar-refractivity contribution is 0.0962. The Hall–Kier alpha value is -1.15. The van der Waals surface area contributed by atoms with Crippen LogP contribution in [0.1, 0.15) is 53.6 Å². The molecule has 0 radical (unpaired) electrons. The van der Waals surface area contributed by atoms with Crippen molar-refractivity contribution in [1.82, 2.24) is 5.32 Å². The second-order valence-electron chi connectivity index (χ2n) is 5.36. The van der Waals surface area contributed by atoms with Crippen molar-refractivity contribution in [3.8, 4) is 0 Å². The van der Waals surface area contributed by atoms with E-state index in [-0.39, 0.29) is 0 Å². The maximum Gasteiger partial charge on any atom is 0.163 e. The fourth-order valence-electron chi connectivity index (χ4n) is 3.06. The fourth-order valence-corrected chi connectivity index (χ4v) is 3.06. The van der Waals surface area contributed by atoms with E-state index in [1.54, 1.807) is 0 Å². The lowest BCUT2D eigenvalue weighted by Gasteiger charge is -2.08. The van der Waals surface area contributed by atoms with Crippen LogP contribution in [0.4, 0.5) is 0 Å². The Balaban J connectivity index is 1.72. The molecule has 2 aliphatic rings. The van der Waals surface area contributed by atoms with Crippen LogP contribution in [0, 0.1) is 5.92 Å². The SMILES string of the molecule is O=C(CC1CCCC1)c1ccc2c(c1)CNC2. The summed E-state index contributed by atoms with van der Waals surface area (Å²) in [7, 11) is 0. The average Bonchev–Trinajstić information content (AvgIpc) is 2.97. The minimum Gasteiger partial charge on any atom is -0.309 e. The monoisotopic (exact) mass is 229 g/mol. The summed E-state index contributed by atoms with van der Waals surface area (Å²) in [6, 6.07) is 6.20. The van der Waals surface area contributed by atoms with Gasteiger partial charge in [-0.2, -0.15) is 0 Å². The average molecular weight is 229 g/mol. The Morgan fingerprint density at radius 3 is 2.76 bits per heavy atom. The Bertz CT molecular complexity index is 433. The number of hydrogen-bond acceptors (Lipinski definition) is 2. The lowest BCUT2D eigenvalue weighted by atomic mass is 9.95. The van der Waals surface area contributed by atoms with Crippen molar-refractivity contribution in [2.75, 3.05) is 0 Å². The van der Waals surface area contributed by atoms with E-state index in [9.17, 15) is 4.79 Å². The van der Waals surface area contributed by atoms with E-state index < -0.39 is 0 Å². The Morgan fingerprint density at radius 1 is 1.18 bits per heavy atom. The van der Waals surface area contributed by atoms with E-state index in [1.165, 1.54) is 36.8 Å². The Labute approximate surface area is 102 Å². The molecule has 0 amide bonds. The first kappa shape index (κ1) is 11.0. The maximum absolute atomic E-state index is 12.2. The molecule has 1 heterocycles. The number of hydrogen-bond donors (Lipinski definition) is 1. The first-order chi connectivity index (χ1) is 8.33. The highest BCUT2D eigenvalue weighted by molar-refractivity contribution is 5.96. The van der Waals surface area contributed by atoms with E-state index in [1.807, 2.05) is 6.07 Å². The van der Waals surface area contributed by atoms with Gasteiger partial charge in [0.2, 0.25) is 0 Å². The van der Waals surface area contributed by atoms with Gasteiger partial charge in [-0.1, -0.05) is 37.8 Å². The largest absolute Gasteiger partial charge is 0.309 e. The second kappa shape index (κ2) is 4.61. The summed E-state index contributed by atoms with van der Waals surface area (Å²) in [5.74, 6) is 0.987. The standard InChI is InChI=1S/C15H19NO/c17-15(7-11-3-1-2-4-11)12-5-6-13-9-16-10-14(13)8-12/h5-6,8,11,16H,1-4,7,9-10H2. The zero-order valence-corrected chi connectivity index (χ0v) is 10.2. The summed E-state index contributed by atoms with van der Waals surface area (Å²) >= 11 is 0. The van der Waals surface area contributed by atoms with Crippen LogP contribution in [0.3, 0.4) is 0 Å². The maximum atomic E-state index is 12.2. The van der Waals surface area contributed by atoms with Crippen LogP contribution in [0.2, 0.25) is 0 Å². The van der Waals surface area contributed by atoms with Gasteiger partial charge in [-0.15, -0.1) is 0 Å². The topological polar surface area (TPSA) is 29.1 Å². The zero-order valence-electron chi connectivity index (χ0n) is 10.2. The smallest absolute Gasteiger partial charge is 0.163 e. The Kier molecular flexibility index (Phi) is 2.98. The molecule has 1 fully saturated rings. The van der Waals surface area contributed by atoms with Gasteiger partial charge >= 0.3 is 0 Å². The van der Waals surface area contributed by atoms with Crippen LogP contribution >= 0.6 is 0 Å². The molecule has 2 heteroatoms. The molecular formula is C15H19NO. The van der Waals surface area contributed by atoms with Crippen molar-refractivity contribution in [1.29, 1.82) is 0 Å². The molecular weight excluding hydrogens is 210 g/mol. The molecule has 1 aromatic rings. The van der Waals surface area contributed by atoms with Crippen LogP contribution in [-0.4, -0.2) is 5.78 Å². The van der Waals surface area contributed by atoms with E-state index in [2.05, 4.69) is 17.4 Å². The number of carbonyl (C=O) groups excluding carboxylic acids is 1. The van der Waals surface area contributed by atoms with Crippen molar-refractivity contribution < 1.29 is 4.79 Å². The summed E-state index contributed by atoms with van der Waals surface area (Å²) in [6.07, 6.45) is 5.88. The number of ketones is 1. The second-order valence-corrected chi connectivity index (χ2v) is 5.36. The molecule has 1 aromatic carbocycles. The summed E-state index contributed by atoms with van der Waals surface area (Å²) in [5, 5.41) is 3.32. The molecule has 1 aliphatic heterocycles. The summed E-state index contributed by atoms with van der Waals surface area (Å²) in [4.78, 5) is 12.2. The summed E-state index contributed by atoms with van der Waals surface area (Å²) in [6.45, 7) is 1.87. The predicted octanol–water partition coefficient (Wildman–Crippen LogP) is 3.05. The first-order valence-electron chi connectivity index (χ1n) is 6.68. The van der Waals surface area contributed by atoms with Crippen LogP contribution in [0.5, 0.6) is 0 Å². The molecule has 90 valence electrons. The van der Waals surface area contributed by atoms with Gasteiger partial charge in [0.15, 0.2) is 5.78 Å². The molecule has 17 heavy (non-hydrogen) atoms. The van der Waals surface area contributed by atoms with Gasteiger partial charge in [0.25, 0.3) is 0 Å². The van der Waals surface area contributed by atoms with Crippen LogP contribution in [-0.2, 0) is 13.1 Å². The molecule has 0 aromatic heterocycles. The van der Waals surface area contributed by atoms with Crippen LogP contribution in [0.25, 0.3) is 0 Å². The fraction of sp³-hybridized carbons (Fsp3) is 0.533. The summed E-state index contributed by atoms with van der Waals surface area (Å²) in [5.41, 5.74) is 3.57. The van der Waals surface area contributed by atoms with Gasteiger partial charge in [-0.3, -0.25) is 4.79 Å². The summed E-state index contributed by atoms with van der Waals surface area (Å²) < 4.78 is 0. The van der Waals surface area contributed by atoms with E-state index in [0.717, 1.165) is 25.1 Å². The predicted molar refractivity (Wildman–Crippen MR) is 67.9 cm³/mol. The number of carbonyl (C=O) groups is 1. The van der Waals surface area contributed by atoms with Gasteiger partial charge in [-0.25, -0.2) is 0 Å². The quantitative estimate of drug-likeness (QED) is 0.807. The van der Waals surface area contributed by atoms with Gasteiger partial charge in [-0.05, 0) is 23.1 Å². The number of fused-ring (bicyclic) bond motifs is 1. The third kappa shape index (κ3) is 2.27. The molecule has 0 atom stereocenters. The van der Waals surface area contributed by atoms with Gasteiger partial charge < -0.3 is 5.32 Å². The number of nitrogens with one attached hydrogen (secondary N) is 1. The van der Waals surface area contributed by atoms with Crippen LogP contribution < -0.4 is 5.32 Å². The third-order valence-corrected chi connectivity index (χ3v) is 4.11. The molecule has 1 saturated carbocycles. The Morgan fingerprint density at radius 2 is 1.94 bits per heavy atom. The van der Waals surface area contributed by atoms with Crippen molar-refractivity contribution in [2.24, 2.45) is 5.92 Å². The van der Waals surface area contributed by atoms with Crippen molar-refractivity contribution in [3.63, 3.8) is 0 Å². The van der Waals surface area contributed by atoms with Gasteiger partial charge in [0.05, 0.1) is 0 Å². The van der Waals surface area contributed by atoms with Crippen molar-refractivity contribution in [2.45, 2.75) is 45.2 Å². The highest BCUT2D eigenvalue weighted by Gasteiger charge is 2.20. The third-order valence-electron chi connectivity index (χ3n) is 4.11. The number of benzene rings is 1. The zero-order chi connectivity index (χ0) is 11.7.